The van der Waals surface area contributed by atoms with E-state index in [1.54, 1.807) is 0 Å². The Kier molecular flexibility index (Phi) is 3.74. The third-order valence-corrected chi connectivity index (χ3v) is 3.65. The Morgan fingerprint density at radius 1 is 0.955 bits per heavy atom. The highest BCUT2D eigenvalue weighted by molar-refractivity contribution is 6.06. The first-order valence-electron chi connectivity index (χ1n) is 7.10. The van der Waals surface area contributed by atoms with Gasteiger partial charge in [0.25, 0.3) is 0 Å². The number of rotatable bonds is 3. The number of ketones is 1. The Morgan fingerprint density at radius 3 is 2.14 bits per heavy atom. The average molecular weight is 292 g/mol. The summed E-state index contributed by atoms with van der Waals surface area (Å²) in [7, 11) is 0. The van der Waals surface area contributed by atoms with Crippen molar-refractivity contribution in [1.29, 1.82) is 0 Å². The third kappa shape index (κ3) is 2.63. The van der Waals surface area contributed by atoms with Crippen molar-refractivity contribution in [2.24, 2.45) is 0 Å². The Morgan fingerprint density at radius 2 is 1.55 bits per heavy atom. The first-order valence-corrected chi connectivity index (χ1v) is 7.10. The zero-order valence-corrected chi connectivity index (χ0v) is 12.2. The summed E-state index contributed by atoms with van der Waals surface area (Å²) in [4.78, 5) is 24.3. The van der Waals surface area contributed by atoms with Crippen LogP contribution in [0.1, 0.15) is 24.1 Å². The van der Waals surface area contributed by atoms with Crippen LogP contribution in [0.2, 0.25) is 0 Å². The number of Topliss-reactive ketones (excluding diaryl/α,β-unsaturated/α-hetero) is 1. The number of nitrogens with one attached hydrogen (secondary N) is 2. The molecule has 0 saturated heterocycles. The van der Waals surface area contributed by atoms with E-state index in [0.717, 1.165) is 11.1 Å². The molecule has 1 aliphatic rings. The molecule has 0 fully saturated rings. The summed E-state index contributed by atoms with van der Waals surface area (Å²) in [5.41, 5.74) is 2.85. The number of amides is 2. The number of benzene rings is 2. The maximum Gasteiger partial charge on any atom is 0.320 e. The second-order valence-corrected chi connectivity index (χ2v) is 5.15. The molecule has 4 heteroatoms. The van der Waals surface area contributed by atoms with Crippen LogP contribution >= 0.6 is 0 Å². The predicted octanol–water partition coefficient (Wildman–Crippen LogP) is 3.04. The van der Waals surface area contributed by atoms with Crippen molar-refractivity contribution in [3.8, 4) is 0 Å². The number of carbonyl (C=O) groups excluding carboxylic acids is 2. The van der Waals surface area contributed by atoms with Gasteiger partial charge in [-0.25, -0.2) is 4.79 Å². The van der Waals surface area contributed by atoms with Crippen LogP contribution in [0.3, 0.4) is 0 Å². The largest absolute Gasteiger partial charge is 0.327 e. The van der Waals surface area contributed by atoms with Gasteiger partial charge in [-0.15, -0.1) is 0 Å². The standard InChI is InChI=1S/C18H16N2O2/c1-12(21)15-16(13-8-4-2-5-9-13)19-18(22)20-17(15)14-10-6-3-7-11-14/h2-11,16H,1H3,(H2,19,20,22)/t16-/m0/s1. The lowest BCUT2D eigenvalue weighted by atomic mass is 9.90. The van der Waals surface area contributed by atoms with E-state index in [4.69, 9.17) is 0 Å². The van der Waals surface area contributed by atoms with Crippen molar-refractivity contribution in [3.05, 3.63) is 77.4 Å². The lowest BCUT2D eigenvalue weighted by Crippen LogP contribution is -2.44. The van der Waals surface area contributed by atoms with Gasteiger partial charge in [-0.3, -0.25) is 4.79 Å². The van der Waals surface area contributed by atoms with Crippen molar-refractivity contribution in [3.63, 3.8) is 0 Å². The normalized spacial score (nSPS) is 17.7. The summed E-state index contributed by atoms with van der Waals surface area (Å²) < 4.78 is 0. The van der Waals surface area contributed by atoms with Crippen molar-refractivity contribution in [1.82, 2.24) is 10.6 Å². The Bertz CT molecular complexity index is 736. The van der Waals surface area contributed by atoms with E-state index in [1.165, 1.54) is 6.92 Å². The van der Waals surface area contributed by atoms with Gasteiger partial charge in [-0.05, 0) is 18.1 Å². The number of carbonyl (C=O) groups is 2. The van der Waals surface area contributed by atoms with Crippen LogP contribution in [0.4, 0.5) is 4.79 Å². The molecule has 1 atom stereocenters. The second kappa shape index (κ2) is 5.85. The molecule has 0 bridgehead atoms. The van der Waals surface area contributed by atoms with Crippen molar-refractivity contribution in [2.45, 2.75) is 13.0 Å². The average Bonchev–Trinajstić information content (AvgIpc) is 2.55. The van der Waals surface area contributed by atoms with E-state index in [0.29, 0.717) is 11.3 Å². The zero-order chi connectivity index (χ0) is 15.5. The molecule has 1 heterocycles. The summed E-state index contributed by atoms with van der Waals surface area (Å²) in [5, 5.41) is 5.61. The predicted molar refractivity (Wildman–Crippen MR) is 84.9 cm³/mol. The Hall–Kier alpha value is -2.88. The molecular weight excluding hydrogens is 276 g/mol. The van der Waals surface area contributed by atoms with E-state index >= 15 is 0 Å². The molecule has 0 radical (unpaired) electrons. The van der Waals surface area contributed by atoms with Gasteiger partial charge in [-0.1, -0.05) is 60.7 Å². The third-order valence-electron chi connectivity index (χ3n) is 3.65. The topological polar surface area (TPSA) is 58.2 Å². The van der Waals surface area contributed by atoms with Crippen molar-refractivity contribution >= 4 is 17.5 Å². The SMILES string of the molecule is CC(=O)C1=C(c2ccccc2)NC(=O)N[C@H]1c1ccccc1. The van der Waals surface area contributed by atoms with Gasteiger partial charge in [0.1, 0.15) is 0 Å². The summed E-state index contributed by atoms with van der Waals surface area (Å²) in [6.07, 6.45) is 0. The maximum absolute atomic E-state index is 12.2. The first-order chi connectivity index (χ1) is 10.7. The van der Waals surface area contributed by atoms with Gasteiger partial charge >= 0.3 is 6.03 Å². The lowest BCUT2D eigenvalue weighted by molar-refractivity contribution is -0.113. The van der Waals surface area contributed by atoms with E-state index in [2.05, 4.69) is 10.6 Å². The summed E-state index contributed by atoms with van der Waals surface area (Å²) in [6, 6.07) is 18.2. The summed E-state index contributed by atoms with van der Waals surface area (Å²) >= 11 is 0. The molecule has 0 aliphatic carbocycles. The highest BCUT2D eigenvalue weighted by atomic mass is 16.2. The van der Waals surface area contributed by atoms with Crippen molar-refractivity contribution in [2.75, 3.05) is 0 Å². The number of hydrogen-bond acceptors (Lipinski definition) is 2. The molecule has 0 unspecified atom stereocenters. The molecule has 0 aromatic heterocycles. The minimum atomic E-state index is -0.442. The molecule has 4 nitrogen and oxygen atoms in total. The molecule has 22 heavy (non-hydrogen) atoms. The van der Waals surface area contributed by atoms with Gasteiger partial charge < -0.3 is 10.6 Å². The quantitative estimate of drug-likeness (QED) is 0.913. The molecule has 2 amide bonds. The summed E-state index contributed by atoms with van der Waals surface area (Å²) in [5.74, 6) is -0.0693. The highest BCUT2D eigenvalue weighted by Crippen LogP contribution is 2.31. The molecule has 0 spiro atoms. The fraction of sp³-hybridized carbons (Fsp3) is 0.111. The fourth-order valence-electron chi connectivity index (χ4n) is 2.67. The van der Waals surface area contributed by atoms with Gasteiger partial charge in [-0.2, -0.15) is 0 Å². The smallest absolute Gasteiger partial charge is 0.320 e. The monoisotopic (exact) mass is 292 g/mol. The minimum Gasteiger partial charge on any atom is -0.327 e. The molecule has 110 valence electrons. The molecule has 2 aromatic carbocycles. The molecule has 2 aromatic rings. The van der Waals surface area contributed by atoms with Crippen LogP contribution in [0.5, 0.6) is 0 Å². The Labute approximate surface area is 128 Å². The Balaban J connectivity index is 2.18. The molecule has 1 aliphatic heterocycles. The first kappa shape index (κ1) is 14.1. The molecular formula is C18H16N2O2. The molecule has 3 rings (SSSR count). The van der Waals surface area contributed by atoms with Crippen LogP contribution in [0, 0.1) is 0 Å². The molecule has 2 N–H and O–H groups in total. The van der Waals surface area contributed by atoms with E-state index < -0.39 is 6.04 Å². The fourth-order valence-corrected chi connectivity index (χ4v) is 2.67. The maximum atomic E-state index is 12.2. The number of urea groups is 1. The van der Waals surface area contributed by atoms with E-state index in [-0.39, 0.29) is 11.8 Å². The van der Waals surface area contributed by atoms with Crippen LogP contribution in [-0.4, -0.2) is 11.8 Å². The van der Waals surface area contributed by atoms with Gasteiger partial charge in [0.15, 0.2) is 5.78 Å². The van der Waals surface area contributed by atoms with Gasteiger partial charge in [0.05, 0.1) is 11.7 Å². The van der Waals surface area contributed by atoms with Gasteiger partial charge in [0, 0.05) is 5.57 Å². The van der Waals surface area contributed by atoms with E-state index in [1.807, 2.05) is 60.7 Å². The minimum absolute atomic E-state index is 0.0693. The van der Waals surface area contributed by atoms with Crippen LogP contribution in [-0.2, 0) is 4.79 Å². The number of hydrogen-bond donors (Lipinski definition) is 2. The second-order valence-electron chi connectivity index (χ2n) is 5.15. The van der Waals surface area contributed by atoms with Crippen LogP contribution < -0.4 is 10.6 Å². The lowest BCUT2D eigenvalue weighted by Gasteiger charge is -2.29. The zero-order valence-electron chi connectivity index (χ0n) is 12.2. The summed E-state index contributed by atoms with van der Waals surface area (Å²) in [6.45, 7) is 1.52. The van der Waals surface area contributed by atoms with E-state index in [9.17, 15) is 9.59 Å². The highest BCUT2D eigenvalue weighted by Gasteiger charge is 2.31. The van der Waals surface area contributed by atoms with Crippen LogP contribution in [0.15, 0.2) is 66.2 Å². The van der Waals surface area contributed by atoms with Crippen LogP contribution in [0.25, 0.3) is 5.70 Å². The molecule has 0 saturated carbocycles. The van der Waals surface area contributed by atoms with Crippen molar-refractivity contribution < 1.29 is 9.59 Å². The van der Waals surface area contributed by atoms with Gasteiger partial charge in [0.2, 0.25) is 0 Å².